The smallest absolute Gasteiger partial charge is 0.372 e. The zero-order valence-electron chi connectivity index (χ0n) is 7.47. The van der Waals surface area contributed by atoms with Crippen LogP contribution < -0.4 is 0 Å². The molecular weight excluding hydrogens is 217 g/mol. The molecule has 1 rings (SSSR count). The van der Waals surface area contributed by atoms with Gasteiger partial charge in [0.15, 0.2) is 0 Å². The van der Waals surface area contributed by atoms with E-state index in [0.29, 0.717) is 17.9 Å². The van der Waals surface area contributed by atoms with E-state index < -0.39 is 12.8 Å². The molecule has 0 spiro atoms. The van der Waals surface area contributed by atoms with Gasteiger partial charge < -0.3 is 4.74 Å². The van der Waals surface area contributed by atoms with Crippen molar-refractivity contribution in [2.75, 3.05) is 24.7 Å². The average molecular weight is 228 g/mol. The fourth-order valence-electron chi connectivity index (χ4n) is 1.17. The summed E-state index contributed by atoms with van der Waals surface area (Å²) in [6, 6.07) is 0. The molecule has 0 aliphatic carbocycles. The van der Waals surface area contributed by atoms with Crippen LogP contribution in [0.1, 0.15) is 6.42 Å². The van der Waals surface area contributed by atoms with Crippen molar-refractivity contribution in [1.29, 1.82) is 0 Å². The van der Waals surface area contributed by atoms with Gasteiger partial charge in [-0.25, -0.2) is 0 Å². The first-order valence-electron chi connectivity index (χ1n) is 4.24. The van der Waals surface area contributed by atoms with E-state index in [4.69, 9.17) is 0 Å². The van der Waals surface area contributed by atoms with Gasteiger partial charge in [0.1, 0.15) is 12.4 Å². The molecule has 14 heavy (non-hydrogen) atoms. The summed E-state index contributed by atoms with van der Waals surface area (Å²) in [5, 5.41) is 0. The molecule has 1 unspecified atom stereocenters. The fraction of sp³-hybridized carbons (Fsp3) is 0.875. The predicted octanol–water partition coefficient (Wildman–Crippen LogP) is 1.89. The van der Waals surface area contributed by atoms with Crippen molar-refractivity contribution >= 4 is 17.5 Å². The summed E-state index contributed by atoms with van der Waals surface area (Å²) < 4.78 is 39.3. The lowest BCUT2D eigenvalue weighted by atomic mass is 10.1. The Hall–Kier alpha value is -0.230. The molecule has 0 aromatic heterocycles. The summed E-state index contributed by atoms with van der Waals surface area (Å²) in [5.74, 6) is 1.23. The number of halogens is 3. The number of rotatable bonds is 4. The number of hydrogen-bond donors (Lipinski definition) is 0. The second kappa shape index (κ2) is 5.02. The Kier molecular flexibility index (Phi) is 4.25. The zero-order chi connectivity index (χ0) is 10.6. The topological polar surface area (TPSA) is 26.3 Å². The summed E-state index contributed by atoms with van der Waals surface area (Å²) in [5.41, 5.74) is 0. The van der Waals surface area contributed by atoms with E-state index in [0.717, 1.165) is 0 Å². The molecule has 1 fully saturated rings. The summed E-state index contributed by atoms with van der Waals surface area (Å²) in [6.45, 7) is -1.21. The minimum Gasteiger partial charge on any atom is -0.372 e. The molecule has 0 saturated carbocycles. The summed E-state index contributed by atoms with van der Waals surface area (Å²) >= 11 is 1.53. The van der Waals surface area contributed by atoms with Crippen molar-refractivity contribution in [3.05, 3.63) is 0 Å². The highest BCUT2D eigenvalue weighted by Gasteiger charge is 2.28. The summed E-state index contributed by atoms with van der Waals surface area (Å²) in [6.07, 6.45) is -3.86. The Morgan fingerprint density at radius 3 is 2.71 bits per heavy atom. The Morgan fingerprint density at radius 2 is 2.21 bits per heavy atom. The summed E-state index contributed by atoms with van der Waals surface area (Å²) in [4.78, 5) is 11.1. The van der Waals surface area contributed by atoms with Crippen LogP contribution in [0.5, 0.6) is 0 Å². The van der Waals surface area contributed by atoms with Crippen molar-refractivity contribution < 1.29 is 22.7 Å². The molecule has 0 aromatic rings. The monoisotopic (exact) mass is 228 g/mol. The maximum atomic E-state index is 11.6. The first kappa shape index (κ1) is 11.8. The quantitative estimate of drug-likeness (QED) is 0.687. The normalized spacial score (nSPS) is 23.1. The van der Waals surface area contributed by atoms with Gasteiger partial charge in [0.05, 0.1) is 5.75 Å². The van der Waals surface area contributed by atoms with Crippen molar-refractivity contribution in [2.45, 2.75) is 12.6 Å². The molecule has 0 amide bonds. The second-order valence-electron chi connectivity index (χ2n) is 3.13. The SMILES string of the molecule is O=C1CSCC1CCOCC(F)(F)F. The third-order valence-electron chi connectivity index (χ3n) is 1.90. The summed E-state index contributed by atoms with van der Waals surface area (Å²) in [7, 11) is 0. The number of ether oxygens (including phenoxy) is 1. The Labute approximate surface area is 84.2 Å². The van der Waals surface area contributed by atoms with Crippen LogP contribution in [0.2, 0.25) is 0 Å². The van der Waals surface area contributed by atoms with Crippen LogP contribution in [0.3, 0.4) is 0 Å². The molecule has 0 radical (unpaired) electrons. The standard InChI is InChI=1S/C8H11F3O2S/c9-8(10,11)5-13-2-1-6-3-14-4-7(6)12/h6H,1-5H2. The van der Waals surface area contributed by atoms with Gasteiger partial charge in [-0.3, -0.25) is 4.79 Å². The van der Waals surface area contributed by atoms with E-state index >= 15 is 0 Å². The highest BCUT2D eigenvalue weighted by molar-refractivity contribution is 8.00. The molecule has 2 nitrogen and oxygen atoms in total. The van der Waals surface area contributed by atoms with Gasteiger partial charge in [0.25, 0.3) is 0 Å². The number of carbonyl (C=O) groups excluding carboxylic acids is 1. The van der Waals surface area contributed by atoms with Crippen LogP contribution in [-0.4, -0.2) is 36.7 Å². The molecule has 0 bridgehead atoms. The van der Waals surface area contributed by atoms with Crippen molar-refractivity contribution in [3.63, 3.8) is 0 Å². The van der Waals surface area contributed by atoms with Gasteiger partial charge in [0, 0.05) is 18.3 Å². The zero-order valence-corrected chi connectivity index (χ0v) is 8.29. The van der Waals surface area contributed by atoms with Crippen LogP contribution in [0.4, 0.5) is 13.2 Å². The highest BCUT2D eigenvalue weighted by Crippen LogP contribution is 2.23. The molecule has 1 saturated heterocycles. The number of Topliss-reactive ketones (excluding diaryl/α,β-unsaturated/α-hetero) is 1. The number of ketones is 1. The van der Waals surface area contributed by atoms with Gasteiger partial charge in [-0.2, -0.15) is 24.9 Å². The maximum absolute atomic E-state index is 11.6. The molecule has 0 aromatic carbocycles. The predicted molar refractivity (Wildman–Crippen MR) is 47.3 cm³/mol. The maximum Gasteiger partial charge on any atom is 0.411 e. The lowest BCUT2D eigenvalue weighted by molar-refractivity contribution is -0.174. The van der Waals surface area contributed by atoms with E-state index in [2.05, 4.69) is 4.74 Å². The van der Waals surface area contributed by atoms with Crippen LogP contribution in [0, 0.1) is 5.92 Å². The van der Waals surface area contributed by atoms with Gasteiger partial charge in [-0.1, -0.05) is 0 Å². The number of thioether (sulfide) groups is 1. The van der Waals surface area contributed by atoms with Crippen LogP contribution in [-0.2, 0) is 9.53 Å². The van der Waals surface area contributed by atoms with Gasteiger partial charge >= 0.3 is 6.18 Å². The van der Waals surface area contributed by atoms with E-state index in [1.807, 2.05) is 0 Å². The first-order valence-corrected chi connectivity index (χ1v) is 5.39. The highest BCUT2D eigenvalue weighted by atomic mass is 32.2. The number of alkyl halides is 3. The molecule has 1 heterocycles. The van der Waals surface area contributed by atoms with Crippen molar-refractivity contribution in [1.82, 2.24) is 0 Å². The lowest BCUT2D eigenvalue weighted by Gasteiger charge is -2.09. The van der Waals surface area contributed by atoms with E-state index in [1.54, 1.807) is 0 Å². The first-order chi connectivity index (χ1) is 6.49. The van der Waals surface area contributed by atoms with Gasteiger partial charge in [-0.15, -0.1) is 0 Å². The molecule has 0 N–H and O–H groups in total. The van der Waals surface area contributed by atoms with Gasteiger partial charge in [0.2, 0.25) is 0 Å². The fourth-order valence-corrected chi connectivity index (χ4v) is 2.36. The molecule has 82 valence electrons. The van der Waals surface area contributed by atoms with Gasteiger partial charge in [-0.05, 0) is 6.42 Å². The molecule has 1 aliphatic heterocycles. The minimum atomic E-state index is -4.27. The van der Waals surface area contributed by atoms with Crippen LogP contribution >= 0.6 is 11.8 Å². The lowest BCUT2D eigenvalue weighted by Crippen LogP contribution is -2.20. The Bertz CT molecular complexity index is 205. The molecular formula is C8H11F3O2S. The number of carbonyl (C=O) groups is 1. The number of hydrogen-bond acceptors (Lipinski definition) is 3. The van der Waals surface area contributed by atoms with Crippen LogP contribution in [0.15, 0.2) is 0 Å². The largest absolute Gasteiger partial charge is 0.411 e. The van der Waals surface area contributed by atoms with Crippen LogP contribution in [0.25, 0.3) is 0 Å². The van der Waals surface area contributed by atoms with E-state index in [1.165, 1.54) is 11.8 Å². The van der Waals surface area contributed by atoms with Crippen molar-refractivity contribution in [3.8, 4) is 0 Å². The van der Waals surface area contributed by atoms with E-state index in [9.17, 15) is 18.0 Å². The Morgan fingerprint density at radius 1 is 1.50 bits per heavy atom. The molecule has 6 heteroatoms. The van der Waals surface area contributed by atoms with Crippen molar-refractivity contribution in [2.24, 2.45) is 5.92 Å². The molecule has 1 aliphatic rings. The second-order valence-corrected chi connectivity index (χ2v) is 4.17. The third-order valence-corrected chi connectivity index (χ3v) is 3.02. The third kappa shape index (κ3) is 4.32. The van der Waals surface area contributed by atoms with E-state index in [-0.39, 0.29) is 18.3 Å². The Balaban J connectivity index is 2.07. The minimum absolute atomic E-state index is 0.0104. The molecule has 1 atom stereocenters. The average Bonchev–Trinajstić information content (AvgIpc) is 2.44.